The van der Waals surface area contributed by atoms with Crippen molar-refractivity contribution in [1.82, 2.24) is 5.32 Å². The highest BCUT2D eigenvalue weighted by Gasteiger charge is 2.26. The summed E-state index contributed by atoms with van der Waals surface area (Å²) in [6.07, 6.45) is 11.0. The van der Waals surface area contributed by atoms with Gasteiger partial charge in [-0.3, -0.25) is 0 Å². The minimum atomic E-state index is 0.570. The Hall–Kier alpha value is -0.0400. The van der Waals surface area contributed by atoms with Gasteiger partial charge in [0.15, 0.2) is 0 Å². The van der Waals surface area contributed by atoms with Crippen LogP contribution in [-0.4, -0.2) is 13.1 Å². The fraction of sp³-hybridized carbons (Fsp3) is 1.00. The molecule has 0 fully saturated rings. The van der Waals surface area contributed by atoms with Crippen LogP contribution in [0.1, 0.15) is 86.0 Å². The topological polar surface area (TPSA) is 12.0 Å². The van der Waals surface area contributed by atoms with Crippen LogP contribution in [-0.2, 0) is 0 Å². The Morgan fingerprint density at radius 3 is 2.00 bits per heavy atom. The van der Waals surface area contributed by atoms with E-state index in [0.29, 0.717) is 5.41 Å². The quantitative estimate of drug-likeness (QED) is 0.460. The van der Waals surface area contributed by atoms with Gasteiger partial charge in [-0.05, 0) is 37.1 Å². The van der Waals surface area contributed by atoms with Crippen molar-refractivity contribution in [2.75, 3.05) is 13.1 Å². The average molecular weight is 255 g/mol. The standard InChI is InChI=1S/C17H37N/c1-6-9-11-13-17(8-3,12-10-7-2)15-18-14-16(4)5/h16,18H,6-15H2,1-5H3. The van der Waals surface area contributed by atoms with Crippen LogP contribution in [0.25, 0.3) is 0 Å². The Morgan fingerprint density at radius 2 is 1.50 bits per heavy atom. The lowest BCUT2D eigenvalue weighted by atomic mass is 9.75. The van der Waals surface area contributed by atoms with E-state index in [2.05, 4.69) is 39.9 Å². The molecule has 1 unspecified atom stereocenters. The van der Waals surface area contributed by atoms with E-state index in [0.717, 1.165) is 5.92 Å². The van der Waals surface area contributed by atoms with E-state index in [9.17, 15) is 0 Å². The number of unbranched alkanes of at least 4 members (excludes halogenated alkanes) is 3. The summed E-state index contributed by atoms with van der Waals surface area (Å²) in [6.45, 7) is 14.0. The van der Waals surface area contributed by atoms with Crippen LogP contribution >= 0.6 is 0 Å². The molecule has 0 aromatic heterocycles. The highest BCUT2D eigenvalue weighted by atomic mass is 14.9. The van der Waals surface area contributed by atoms with Crippen molar-refractivity contribution in [1.29, 1.82) is 0 Å². The molecule has 0 aliphatic heterocycles. The molecule has 0 bridgehead atoms. The number of hydrogen-bond acceptors (Lipinski definition) is 1. The molecule has 110 valence electrons. The third-order valence-corrected chi connectivity index (χ3v) is 4.17. The van der Waals surface area contributed by atoms with Gasteiger partial charge < -0.3 is 5.32 Å². The van der Waals surface area contributed by atoms with E-state index < -0.39 is 0 Å². The zero-order valence-electron chi connectivity index (χ0n) is 13.6. The summed E-state index contributed by atoms with van der Waals surface area (Å²) in [4.78, 5) is 0. The maximum Gasteiger partial charge on any atom is 0.000781 e. The summed E-state index contributed by atoms with van der Waals surface area (Å²) >= 11 is 0. The van der Waals surface area contributed by atoms with Crippen molar-refractivity contribution in [3.63, 3.8) is 0 Å². The smallest absolute Gasteiger partial charge is 0.000781 e. The first kappa shape index (κ1) is 18.0. The van der Waals surface area contributed by atoms with E-state index in [1.165, 1.54) is 64.5 Å². The van der Waals surface area contributed by atoms with Crippen LogP contribution in [0.5, 0.6) is 0 Å². The highest BCUT2D eigenvalue weighted by molar-refractivity contribution is 4.80. The highest BCUT2D eigenvalue weighted by Crippen LogP contribution is 2.34. The zero-order chi connectivity index (χ0) is 13.9. The van der Waals surface area contributed by atoms with E-state index in [-0.39, 0.29) is 0 Å². The predicted molar refractivity (Wildman–Crippen MR) is 84.1 cm³/mol. The molecule has 0 aromatic carbocycles. The van der Waals surface area contributed by atoms with Gasteiger partial charge in [0.1, 0.15) is 0 Å². The molecule has 0 aliphatic rings. The normalized spacial score (nSPS) is 15.0. The van der Waals surface area contributed by atoms with E-state index in [1.807, 2.05) is 0 Å². The van der Waals surface area contributed by atoms with Gasteiger partial charge in [0.25, 0.3) is 0 Å². The molecule has 0 radical (unpaired) electrons. The van der Waals surface area contributed by atoms with Crippen molar-refractivity contribution in [3.8, 4) is 0 Å². The molecule has 0 saturated carbocycles. The van der Waals surface area contributed by atoms with Crippen LogP contribution in [0.15, 0.2) is 0 Å². The van der Waals surface area contributed by atoms with E-state index in [4.69, 9.17) is 0 Å². The fourth-order valence-corrected chi connectivity index (χ4v) is 2.71. The molecule has 1 nitrogen and oxygen atoms in total. The second-order valence-corrected chi connectivity index (χ2v) is 6.44. The van der Waals surface area contributed by atoms with Gasteiger partial charge in [0.2, 0.25) is 0 Å². The minimum Gasteiger partial charge on any atom is -0.316 e. The SMILES string of the molecule is CCCCCC(CC)(CCCC)CNCC(C)C. The Balaban J connectivity index is 4.24. The molecular weight excluding hydrogens is 218 g/mol. The van der Waals surface area contributed by atoms with Crippen LogP contribution in [0.3, 0.4) is 0 Å². The second-order valence-electron chi connectivity index (χ2n) is 6.44. The van der Waals surface area contributed by atoms with Crippen molar-refractivity contribution in [2.24, 2.45) is 11.3 Å². The first-order valence-electron chi connectivity index (χ1n) is 8.31. The number of hydrogen-bond donors (Lipinski definition) is 1. The Bertz CT molecular complexity index is 176. The molecule has 18 heavy (non-hydrogen) atoms. The van der Waals surface area contributed by atoms with Crippen molar-refractivity contribution >= 4 is 0 Å². The number of nitrogens with one attached hydrogen (secondary N) is 1. The molecule has 0 saturated heterocycles. The number of rotatable bonds is 12. The largest absolute Gasteiger partial charge is 0.316 e. The van der Waals surface area contributed by atoms with Gasteiger partial charge >= 0.3 is 0 Å². The summed E-state index contributed by atoms with van der Waals surface area (Å²) in [5, 5.41) is 3.71. The van der Waals surface area contributed by atoms with Gasteiger partial charge in [-0.25, -0.2) is 0 Å². The molecule has 0 spiro atoms. The zero-order valence-corrected chi connectivity index (χ0v) is 13.6. The molecule has 0 aromatic rings. The Labute approximate surface area is 116 Å². The van der Waals surface area contributed by atoms with Crippen molar-refractivity contribution < 1.29 is 0 Å². The summed E-state index contributed by atoms with van der Waals surface area (Å²) in [6, 6.07) is 0. The van der Waals surface area contributed by atoms with Gasteiger partial charge in [-0.15, -0.1) is 0 Å². The first-order valence-corrected chi connectivity index (χ1v) is 8.31. The molecule has 0 rings (SSSR count). The third-order valence-electron chi connectivity index (χ3n) is 4.17. The van der Waals surface area contributed by atoms with E-state index >= 15 is 0 Å². The lowest BCUT2D eigenvalue weighted by Crippen LogP contribution is -2.35. The maximum absolute atomic E-state index is 3.71. The van der Waals surface area contributed by atoms with Crippen LogP contribution in [0, 0.1) is 11.3 Å². The molecule has 1 heteroatoms. The lowest BCUT2D eigenvalue weighted by Gasteiger charge is -2.34. The van der Waals surface area contributed by atoms with Crippen LogP contribution in [0.4, 0.5) is 0 Å². The lowest BCUT2D eigenvalue weighted by molar-refractivity contribution is 0.202. The average Bonchev–Trinajstić information content (AvgIpc) is 2.35. The van der Waals surface area contributed by atoms with Crippen molar-refractivity contribution in [3.05, 3.63) is 0 Å². The Kier molecular flexibility index (Phi) is 10.8. The third kappa shape index (κ3) is 8.13. The summed E-state index contributed by atoms with van der Waals surface area (Å²) in [7, 11) is 0. The second kappa shape index (κ2) is 10.8. The molecule has 0 amide bonds. The van der Waals surface area contributed by atoms with E-state index in [1.54, 1.807) is 0 Å². The van der Waals surface area contributed by atoms with Crippen LogP contribution < -0.4 is 5.32 Å². The maximum atomic E-state index is 3.71. The Morgan fingerprint density at radius 1 is 0.889 bits per heavy atom. The monoisotopic (exact) mass is 255 g/mol. The summed E-state index contributed by atoms with van der Waals surface area (Å²) in [5.41, 5.74) is 0.570. The van der Waals surface area contributed by atoms with Gasteiger partial charge in [0.05, 0.1) is 0 Å². The molecule has 1 atom stereocenters. The summed E-state index contributed by atoms with van der Waals surface area (Å²) < 4.78 is 0. The van der Waals surface area contributed by atoms with Crippen molar-refractivity contribution in [2.45, 2.75) is 86.0 Å². The molecular formula is C17H37N. The fourth-order valence-electron chi connectivity index (χ4n) is 2.71. The van der Waals surface area contributed by atoms with Crippen LogP contribution in [0.2, 0.25) is 0 Å². The predicted octanol–water partition coefficient (Wildman–Crippen LogP) is 5.40. The molecule has 1 N–H and O–H groups in total. The van der Waals surface area contributed by atoms with Gasteiger partial charge in [-0.2, -0.15) is 0 Å². The molecule has 0 aliphatic carbocycles. The van der Waals surface area contributed by atoms with Gasteiger partial charge in [0, 0.05) is 6.54 Å². The van der Waals surface area contributed by atoms with Gasteiger partial charge in [-0.1, -0.05) is 66.7 Å². The molecule has 0 heterocycles. The summed E-state index contributed by atoms with van der Waals surface area (Å²) in [5.74, 6) is 0.765. The minimum absolute atomic E-state index is 0.570. The first-order chi connectivity index (χ1) is 8.60.